The number of hydrogen-bond donors (Lipinski definition) is 1. The molecule has 1 rings (SSSR count). The fraction of sp³-hybridized carbons (Fsp3) is 0.900. The van der Waals surface area contributed by atoms with Crippen molar-refractivity contribution in [2.45, 2.75) is 46.0 Å². The lowest BCUT2D eigenvalue weighted by Gasteiger charge is -2.40. The Kier molecular flexibility index (Phi) is 3.09. The van der Waals surface area contributed by atoms with Gasteiger partial charge in [0.2, 0.25) is 0 Å². The van der Waals surface area contributed by atoms with Gasteiger partial charge in [-0.1, -0.05) is 13.8 Å². The molecule has 13 heavy (non-hydrogen) atoms. The molecule has 0 radical (unpaired) electrons. The molecule has 1 aliphatic heterocycles. The van der Waals surface area contributed by atoms with Crippen molar-refractivity contribution in [3.05, 3.63) is 0 Å². The smallest absolute Gasteiger partial charge is 0.158 e. The second kappa shape index (κ2) is 3.76. The quantitative estimate of drug-likeness (QED) is 0.664. The van der Waals surface area contributed by atoms with Gasteiger partial charge in [0.05, 0.1) is 12.2 Å². The molecule has 0 spiro atoms. The number of aliphatic hydroxyl groups is 1. The first-order valence-electron chi connectivity index (χ1n) is 4.79. The molecule has 3 heteroatoms. The van der Waals surface area contributed by atoms with Gasteiger partial charge in [-0.15, -0.1) is 0 Å². The normalized spacial score (nSPS) is 46.1. The largest absolute Gasteiger partial charge is 0.390 e. The van der Waals surface area contributed by atoms with Crippen molar-refractivity contribution in [2.75, 3.05) is 0 Å². The van der Waals surface area contributed by atoms with Gasteiger partial charge >= 0.3 is 0 Å². The topological polar surface area (TPSA) is 46.5 Å². The highest BCUT2D eigenvalue weighted by Gasteiger charge is 2.40. The van der Waals surface area contributed by atoms with Crippen LogP contribution in [0, 0.1) is 11.8 Å². The number of Topliss-reactive ketones (excluding diaryl/α,β-unsaturated/α-hetero) is 1. The minimum Gasteiger partial charge on any atom is -0.390 e. The minimum atomic E-state index is -0.453. The number of hydrogen-bond acceptors (Lipinski definition) is 3. The van der Waals surface area contributed by atoms with Crippen LogP contribution in [0.15, 0.2) is 0 Å². The Balaban J connectivity index is 2.76. The van der Waals surface area contributed by atoms with E-state index in [1.165, 1.54) is 6.92 Å². The predicted octanol–water partition coefficient (Wildman–Crippen LogP) is 0.996. The van der Waals surface area contributed by atoms with Crippen molar-refractivity contribution in [1.29, 1.82) is 0 Å². The molecule has 1 fully saturated rings. The van der Waals surface area contributed by atoms with Gasteiger partial charge in [-0.2, -0.15) is 0 Å². The molecule has 0 aromatic carbocycles. The molecular formula is C10H18O3. The summed E-state index contributed by atoms with van der Waals surface area (Å²) >= 11 is 0. The first-order valence-corrected chi connectivity index (χ1v) is 4.79. The van der Waals surface area contributed by atoms with Crippen molar-refractivity contribution >= 4 is 5.78 Å². The first-order chi connectivity index (χ1) is 5.95. The summed E-state index contributed by atoms with van der Waals surface area (Å²) in [5.74, 6) is 0.277. The van der Waals surface area contributed by atoms with E-state index in [0.29, 0.717) is 0 Å². The van der Waals surface area contributed by atoms with Crippen molar-refractivity contribution in [3.63, 3.8) is 0 Å². The average molecular weight is 186 g/mol. The third-order valence-electron chi connectivity index (χ3n) is 3.09. The van der Waals surface area contributed by atoms with E-state index >= 15 is 0 Å². The van der Waals surface area contributed by atoms with E-state index < -0.39 is 6.10 Å². The van der Waals surface area contributed by atoms with E-state index in [-0.39, 0.29) is 29.8 Å². The molecule has 0 saturated carbocycles. The lowest BCUT2D eigenvalue weighted by Crippen LogP contribution is -2.50. The maximum atomic E-state index is 11.2. The molecular weight excluding hydrogens is 168 g/mol. The van der Waals surface area contributed by atoms with Gasteiger partial charge in [0.25, 0.3) is 0 Å². The summed E-state index contributed by atoms with van der Waals surface area (Å²) in [4.78, 5) is 11.2. The van der Waals surface area contributed by atoms with E-state index in [9.17, 15) is 9.90 Å². The van der Waals surface area contributed by atoms with Crippen LogP contribution in [-0.4, -0.2) is 29.2 Å². The van der Waals surface area contributed by atoms with Crippen LogP contribution in [0.2, 0.25) is 0 Å². The van der Waals surface area contributed by atoms with Crippen LogP contribution in [0.25, 0.3) is 0 Å². The number of aliphatic hydroxyl groups excluding tert-OH is 1. The molecule has 5 atom stereocenters. The summed E-state index contributed by atoms with van der Waals surface area (Å²) < 4.78 is 5.44. The molecule has 0 aliphatic carbocycles. The second-order valence-electron chi connectivity index (χ2n) is 4.08. The standard InChI is InChI=1S/C10H18O3/c1-5-6(2)10(7(3)11)13-8(4)9(5)12/h5-6,8-10,12H,1-4H3. The zero-order valence-electron chi connectivity index (χ0n) is 8.65. The van der Waals surface area contributed by atoms with Gasteiger partial charge in [-0.25, -0.2) is 0 Å². The highest BCUT2D eigenvalue weighted by molar-refractivity contribution is 5.80. The molecule has 1 saturated heterocycles. The van der Waals surface area contributed by atoms with E-state index in [1.807, 2.05) is 20.8 Å². The summed E-state index contributed by atoms with van der Waals surface area (Å²) in [6, 6.07) is 0. The number of carbonyl (C=O) groups is 1. The average Bonchev–Trinajstić information content (AvgIpc) is 2.07. The maximum absolute atomic E-state index is 11.2. The van der Waals surface area contributed by atoms with Crippen LogP contribution < -0.4 is 0 Å². The zero-order chi connectivity index (χ0) is 10.2. The SMILES string of the molecule is CC(=O)C1OC(C)C(O)C(C)C1C. The van der Waals surface area contributed by atoms with Crippen molar-refractivity contribution < 1.29 is 14.6 Å². The van der Waals surface area contributed by atoms with Crippen LogP contribution in [0.4, 0.5) is 0 Å². The summed E-state index contributed by atoms with van der Waals surface area (Å²) in [5.41, 5.74) is 0. The highest BCUT2D eigenvalue weighted by Crippen LogP contribution is 2.30. The van der Waals surface area contributed by atoms with Crippen molar-refractivity contribution in [2.24, 2.45) is 11.8 Å². The Labute approximate surface area is 79.1 Å². The summed E-state index contributed by atoms with van der Waals surface area (Å²) in [6.45, 7) is 7.26. The Morgan fingerprint density at radius 3 is 2.23 bits per heavy atom. The predicted molar refractivity (Wildman–Crippen MR) is 49.4 cm³/mol. The van der Waals surface area contributed by atoms with Crippen LogP contribution in [0.1, 0.15) is 27.7 Å². The molecule has 0 aromatic rings. The minimum absolute atomic E-state index is 0.0538. The van der Waals surface area contributed by atoms with E-state index in [2.05, 4.69) is 0 Å². The van der Waals surface area contributed by atoms with E-state index in [0.717, 1.165) is 0 Å². The lowest BCUT2D eigenvalue weighted by atomic mass is 9.80. The Morgan fingerprint density at radius 2 is 1.77 bits per heavy atom. The molecule has 1 aliphatic rings. The number of ether oxygens (including phenoxy) is 1. The first kappa shape index (κ1) is 10.7. The number of carbonyl (C=O) groups excluding carboxylic acids is 1. The molecule has 1 heterocycles. The second-order valence-corrected chi connectivity index (χ2v) is 4.08. The van der Waals surface area contributed by atoms with Crippen molar-refractivity contribution in [1.82, 2.24) is 0 Å². The molecule has 5 unspecified atom stereocenters. The molecule has 0 amide bonds. The van der Waals surface area contributed by atoms with Gasteiger partial charge in [0, 0.05) is 0 Å². The van der Waals surface area contributed by atoms with Crippen molar-refractivity contribution in [3.8, 4) is 0 Å². The number of ketones is 1. The summed E-state index contributed by atoms with van der Waals surface area (Å²) in [7, 11) is 0. The van der Waals surface area contributed by atoms with Gasteiger partial charge in [0.1, 0.15) is 6.10 Å². The molecule has 76 valence electrons. The van der Waals surface area contributed by atoms with Gasteiger partial charge in [0.15, 0.2) is 5.78 Å². The van der Waals surface area contributed by atoms with E-state index in [1.54, 1.807) is 0 Å². The monoisotopic (exact) mass is 186 g/mol. The van der Waals surface area contributed by atoms with Crippen LogP contribution >= 0.6 is 0 Å². The van der Waals surface area contributed by atoms with E-state index in [4.69, 9.17) is 4.74 Å². The lowest BCUT2D eigenvalue weighted by molar-refractivity contribution is -0.172. The van der Waals surface area contributed by atoms with Crippen LogP contribution in [0.5, 0.6) is 0 Å². The van der Waals surface area contributed by atoms with Crippen LogP contribution in [0.3, 0.4) is 0 Å². The molecule has 3 nitrogen and oxygen atoms in total. The third-order valence-corrected chi connectivity index (χ3v) is 3.09. The molecule has 0 aromatic heterocycles. The fourth-order valence-corrected chi connectivity index (χ4v) is 1.92. The molecule has 1 N–H and O–H groups in total. The van der Waals surface area contributed by atoms with Gasteiger partial charge in [-0.05, 0) is 25.7 Å². The fourth-order valence-electron chi connectivity index (χ4n) is 1.92. The zero-order valence-corrected chi connectivity index (χ0v) is 8.65. The Hall–Kier alpha value is -0.410. The Morgan fingerprint density at radius 1 is 1.23 bits per heavy atom. The van der Waals surface area contributed by atoms with Crippen LogP contribution in [-0.2, 0) is 9.53 Å². The highest BCUT2D eigenvalue weighted by atomic mass is 16.5. The summed E-state index contributed by atoms with van der Waals surface area (Å²) in [6.07, 6.45) is -1.03. The third kappa shape index (κ3) is 1.92. The number of rotatable bonds is 1. The maximum Gasteiger partial charge on any atom is 0.158 e. The molecule has 0 bridgehead atoms. The Bertz CT molecular complexity index is 202. The summed E-state index contributed by atoms with van der Waals surface area (Å²) in [5, 5.41) is 9.68. The van der Waals surface area contributed by atoms with Gasteiger partial charge in [-0.3, -0.25) is 4.79 Å². The van der Waals surface area contributed by atoms with Gasteiger partial charge < -0.3 is 9.84 Å².